The number of aliphatic carboxylic acids is 1. The number of carbonyl (C=O) groups is 1. The minimum atomic E-state index is -3.92. The Kier molecular flexibility index (Phi) is 4.43. The average Bonchev–Trinajstić information content (AvgIpc) is 2.83. The fourth-order valence-electron chi connectivity index (χ4n) is 2.10. The van der Waals surface area contributed by atoms with Gasteiger partial charge < -0.3 is 9.84 Å². The van der Waals surface area contributed by atoms with E-state index in [0.717, 1.165) is 4.31 Å². The Hall–Kier alpha value is -1.03. The van der Waals surface area contributed by atoms with Crippen LogP contribution >= 0.6 is 15.9 Å². The van der Waals surface area contributed by atoms with Gasteiger partial charge in [0.25, 0.3) is 0 Å². The Morgan fingerprint density at radius 1 is 1.55 bits per heavy atom. The lowest BCUT2D eigenvalue weighted by atomic mass is 10.2. The van der Waals surface area contributed by atoms with Crippen molar-refractivity contribution in [2.75, 3.05) is 13.7 Å². The van der Waals surface area contributed by atoms with Crippen LogP contribution in [0.5, 0.6) is 0 Å². The van der Waals surface area contributed by atoms with Gasteiger partial charge in [0.2, 0.25) is 10.0 Å². The van der Waals surface area contributed by atoms with Crippen molar-refractivity contribution in [3.63, 3.8) is 0 Å². The zero-order valence-electron chi connectivity index (χ0n) is 10.6. The smallest absolute Gasteiger partial charge is 0.322 e. The molecule has 2 heterocycles. The van der Waals surface area contributed by atoms with E-state index < -0.39 is 28.1 Å². The van der Waals surface area contributed by atoms with Crippen molar-refractivity contribution >= 4 is 31.9 Å². The third kappa shape index (κ3) is 2.85. The third-order valence-electron chi connectivity index (χ3n) is 3.12. The first-order valence-corrected chi connectivity index (χ1v) is 7.97. The van der Waals surface area contributed by atoms with Crippen LogP contribution < -0.4 is 0 Å². The number of aromatic nitrogens is 1. The average molecular weight is 365 g/mol. The molecule has 1 fully saturated rings. The second-order valence-corrected chi connectivity index (χ2v) is 7.17. The highest BCUT2D eigenvalue weighted by Gasteiger charge is 2.44. The molecule has 20 heavy (non-hydrogen) atoms. The van der Waals surface area contributed by atoms with Crippen LogP contribution in [0.15, 0.2) is 27.8 Å². The van der Waals surface area contributed by atoms with Crippen LogP contribution in [0.4, 0.5) is 0 Å². The quantitative estimate of drug-likeness (QED) is 0.844. The maximum Gasteiger partial charge on any atom is 0.322 e. The first-order valence-electron chi connectivity index (χ1n) is 5.74. The second-order valence-electron chi connectivity index (χ2n) is 4.36. The van der Waals surface area contributed by atoms with E-state index in [9.17, 15) is 18.3 Å². The molecule has 2 atom stereocenters. The highest BCUT2D eigenvalue weighted by molar-refractivity contribution is 9.10. The summed E-state index contributed by atoms with van der Waals surface area (Å²) in [6, 6.07) is 0.269. The van der Waals surface area contributed by atoms with Gasteiger partial charge in [-0.1, -0.05) is 0 Å². The summed E-state index contributed by atoms with van der Waals surface area (Å²) >= 11 is 3.15. The van der Waals surface area contributed by atoms with Gasteiger partial charge in [-0.3, -0.25) is 9.78 Å². The second kappa shape index (κ2) is 5.76. The Bertz CT molecular complexity index is 621. The van der Waals surface area contributed by atoms with Crippen molar-refractivity contribution in [2.45, 2.75) is 23.5 Å². The van der Waals surface area contributed by atoms with Crippen molar-refractivity contribution in [3.05, 3.63) is 22.9 Å². The Balaban J connectivity index is 2.39. The summed E-state index contributed by atoms with van der Waals surface area (Å²) in [5.74, 6) is -1.18. The zero-order chi connectivity index (χ0) is 14.9. The SMILES string of the molecule is COC1CC(C(=O)O)N(S(=O)(=O)c2cncc(Br)c2)C1. The van der Waals surface area contributed by atoms with Crippen molar-refractivity contribution in [2.24, 2.45) is 0 Å². The topological polar surface area (TPSA) is 96.8 Å². The number of ether oxygens (including phenoxy) is 1. The van der Waals surface area contributed by atoms with E-state index >= 15 is 0 Å². The Labute approximate surface area is 124 Å². The van der Waals surface area contributed by atoms with E-state index in [2.05, 4.69) is 20.9 Å². The first kappa shape index (κ1) is 15.4. The van der Waals surface area contributed by atoms with Crippen molar-refractivity contribution < 1.29 is 23.1 Å². The van der Waals surface area contributed by atoms with Gasteiger partial charge in [-0.05, 0) is 22.0 Å². The summed E-state index contributed by atoms with van der Waals surface area (Å²) < 4.78 is 31.6. The molecule has 2 unspecified atom stereocenters. The number of halogens is 1. The van der Waals surface area contributed by atoms with Crippen LogP contribution in [0.25, 0.3) is 0 Å². The fraction of sp³-hybridized carbons (Fsp3) is 0.455. The van der Waals surface area contributed by atoms with E-state index in [4.69, 9.17) is 4.74 Å². The molecule has 0 radical (unpaired) electrons. The Morgan fingerprint density at radius 3 is 2.80 bits per heavy atom. The molecular formula is C11H13BrN2O5S. The maximum atomic E-state index is 12.5. The number of sulfonamides is 1. The van der Waals surface area contributed by atoms with Gasteiger partial charge in [0.1, 0.15) is 10.9 Å². The van der Waals surface area contributed by atoms with Gasteiger partial charge >= 0.3 is 5.97 Å². The number of hydrogen-bond donors (Lipinski definition) is 1. The fourth-order valence-corrected chi connectivity index (χ4v) is 4.23. The van der Waals surface area contributed by atoms with Crippen LogP contribution in [-0.4, -0.2) is 54.6 Å². The van der Waals surface area contributed by atoms with Crippen molar-refractivity contribution in [1.29, 1.82) is 0 Å². The van der Waals surface area contributed by atoms with Crippen molar-refractivity contribution in [1.82, 2.24) is 9.29 Å². The lowest BCUT2D eigenvalue weighted by Gasteiger charge is -2.20. The van der Waals surface area contributed by atoms with Crippen LogP contribution in [-0.2, 0) is 19.6 Å². The zero-order valence-corrected chi connectivity index (χ0v) is 13.0. The van der Waals surface area contributed by atoms with Gasteiger partial charge in [-0.15, -0.1) is 0 Å². The third-order valence-corrected chi connectivity index (χ3v) is 5.40. The maximum absolute atomic E-state index is 12.5. The minimum Gasteiger partial charge on any atom is -0.480 e. The highest BCUT2D eigenvalue weighted by atomic mass is 79.9. The van der Waals surface area contributed by atoms with E-state index in [1.807, 2.05) is 0 Å². The van der Waals surface area contributed by atoms with Crippen molar-refractivity contribution in [3.8, 4) is 0 Å². The number of methoxy groups -OCH3 is 1. The molecule has 110 valence electrons. The normalized spacial score (nSPS) is 23.9. The molecule has 1 N–H and O–H groups in total. The summed E-state index contributed by atoms with van der Waals surface area (Å²) in [5.41, 5.74) is 0. The number of carboxylic acids is 1. The van der Waals surface area contributed by atoms with Gasteiger partial charge in [0, 0.05) is 36.9 Å². The summed E-state index contributed by atoms with van der Waals surface area (Å²) in [5, 5.41) is 9.18. The molecule has 0 amide bonds. The molecule has 0 saturated carbocycles. The molecule has 1 saturated heterocycles. The molecule has 7 nitrogen and oxygen atoms in total. The largest absolute Gasteiger partial charge is 0.480 e. The summed E-state index contributed by atoms with van der Waals surface area (Å²) in [7, 11) is -2.49. The molecule has 0 bridgehead atoms. The van der Waals surface area contributed by atoms with Crippen LogP contribution in [0, 0.1) is 0 Å². The molecular weight excluding hydrogens is 352 g/mol. The standard InChI is InChI=1S/C11H13BrN2O5S/c1-19-8-3-10(11(15)16)14(6-8)20(17,18)9-2-7(12)4-13-5-9/h2,4-5,8,10H,3,6H2,1H3,(H,15,16). The molecule has 9 heteroatoms. The van der Waals surface area contributed by atoms with E-state index in [1.54, 1.807) is 0 Å². The van der Waals surface area contributed by atoms with E-state index in [0.29, 0.717) is 4.47 Å². The van der Waals surface area contributed by atoms with Crippen LogP contribution in [0.2, 0.25) is 0 Å². The molecule has 1 aromatic heterocycles. The first-order chi connectivity index (χ1) is 9.36. The minimum absolute atomic E-state index is 0.0162. The summed E-state index contributed by atoms with van der Waals surface area (Å²) in [4.78, 5) is 15.0. The molecule has 1 aliphatic rings. The van der Waals surface area contributed by atoms with E-state index in [-0.39, 0.29) is 17.9 Å². The molecule has 1 aliphatic heterocycles. The van der Waals surface area contributed by atoms with Crippen LogP contribution in [0.3, 0.4) is 0 Å². The molecule has 0 spiro atoms. The van der Waals surface area contributed by atoms with Gasteiger partial charge in [-0.25, -0.2) is 8.42 Å². The number of hydrogen-bond acceptors (Lipinski definition) is 5. The highest BCUT2D eigenvalue weighted by Crippen LogP contribution is 2.28. The monoisotopic (exact) mass is 364 g/mol. The van der Waals surface area contributed by atoms with Gasteiger partial charge in [0.15, 0.2) is 0 Å². The summed E-state index contributed by atoms with van der Waals surface area (Å²) in [6.45, 7) is 0.0162. The Morgan fingerprint density at radius 2 is 2.25 bits per heavy atom. The predicted molar refractivity (Wildman–Crippen MR) is 72.7 cm³/mol. The number of rotatable bonds is 4. The predicted octanol–water partition coefficient (Wildman–Crippen LogP) is 0.707. The summed E-state index contributed by atoms with van der Waals surface area (Å²) in [6.07, 6.45) is 2.35. The van der Waals surface area contributed by atoms with Gasteiger partial charge in [0.05, 0.1) is 6.10 Å². The van der Waals surface area contributed by atoms with E-state index in [1.165, 1.54) is 25.6 Å². The number of nitrogens with zero attached hydrogens (tertiary/aromatic N) is 2. The number of carboxylic acid groups (broad SMARTS) is 1. The number of pyridine rings is 1. The molecule has 1 aromatic rings. The molecule has 0 aromatic carbocycles. The molecule has 2 rings (SSSR count). The molecule has 0 aliphatic carbocycles. The van der Waals surface area contributed by atoms with Crippen LogP contribution in [0.1, 0.15) is 6.42 Å². The van der Waals surface area contributed by atoms with Gasteiger partial charge in [-0.2, -0.15) is 4.31 Å². The lowest BCUT2D eigenvalue weighted by molar-refractivity contribution is -0.140. The lowest BCUT2D eigenvalue weighted by Crippen LogP contribution is -2.40.